The highest BCUT2D eigenvalue weighted by Gasteiger charge is 2.37. The van der Waals surface area contributed by atoms with Gasteiger partial charge in [0.15, 0.2) is 0 Å². The first-order valence-corrected chi connectivity index (χ1v) is 9.36. The zero-order chi connectivity index (χ0) is 13.7. The van der Waals surface area contributed by atoms with Crippen LogP contribution in [0.25, 0.3) is 0 Å². The number of hydrogen-bond donors (Lipinski definition) is 0. The molecule has 0 N–H and O–H groups in total. The fourth-order valence-corrected chi connectivity index (χ4v) is 5.78. The van der Waals surface area contributed by atoms with Gasteiger partial charge in [-0.25, -0.2) is 18.2 Å². The largest absolute Gasteiger partial charge is 0.480 e. The minimum absolute atomic E-state index is 0.244. The molecule has 17 heavy (non-hydrogen) atoms. The average Bonchev–Trinajstić information content (AvgIpc) is 2.17. The predicted molar refractivity (Wildman–Crippen MR) is 73.6 cm³/mol. The predicted octanol–water partition coefficient (Wildman–Crippen LogP) is 2.53. The lowest BCUT2D eigenvalue weighted by Crippen LogP contribution is -2.22. The minimum Gasteiger partial charge on any atom is -0.287 e. The third-order valence-electron chi connectivity index (χ3n) is 1.79. The molecule has 0 unspecified atom stereocenters. The molecular weight excluding hydrogens is 282 g/mol. The lowest BCUT2D eigenvalue weighted by atomic mass is 10.9. The molecule has 0 aliphatic heterocycles. The van der Waals surface area contributed by atoms with Gasteiger partial charge in [0.2, 0.25) is 6.57 Å². The Bertz CT molecular complexity index is 303. The zero-order valence-electron chi connectivity index (χ0n) is 11.2. The van der Waals surface area contributed by atoms with Gasteiger partial charge in [0.05, 0.1) is 13.2 Å². The third kappa shape index (κ3) is 5.05. The summed E-state index contributed by atoms with van der Waals surface area (Å²) in [6.45, 7) is 1.38. The van der Waals surface area contributed by atoms with Gasteiger partial charge in [-0.2, -0.15) is 0 Å². The van der Waals surface area contributed by atoms with Crippen molar-refractivity contribution in [3.63, 3.8) is 0 Å². The third-order valence-corrected chi connectivity index (χ3v) is 9.17. The quantitative estimate of drug-likeness (QED) is 0.639. The second-order valence-corrected chi connectivity index (χ2v) is 9.62. The molecule has 6 nitrogen and oxygen atoms in total. The van der Waals surface area contributed by atoms with Gasteiger partial charge in [-0.15, -0.1) is 0 Å². The van der Waals surface area contributed by atoms with Crippen LogP contribution < -0.4 is 0 Å². The molecule has 0 rings (SSSR count). The molecule has 0 amide bonds. The van der Waals surface area contributed by atoms with Gasteiger partial charge >= 0.3 is 7.82 Å². The molecular formula is C8H22N2O4P2S. The molecule has 0 saturated heterocycles. The molecule has 0 aliphatic carbocycles. The van der Waals surface area contributed by atoms with Gasteiger partial charge in [0.1, 0.15) is 0 Å². The van der Waals surface area contributed by atoms with Crippen LogP contribution in [0.1, 0.15) is 13.8 Å². The molecule has 0 aliphatic rings. The summed E-state index contributed by atoms with van der Waals surface area (Å²) >= 11 is 5.43. The summed E-state index contributed by atoms with van der Waals surface area (Å²) in [5.41, 5.74) is 0. The van der Waals surface area contributed by atoms with Crippen molar-refractivity contribution >= 4 is 26.2 Å². The summed E-state index contributed by atoms with van der Waals surface area (Å²) in [6.07, 6.45) is 0. The number of hydrogen-bond acceptors (Lipinski definition) is 5. The van der Waals surface area contributed by atoms with Crippen LogP contribution in [-0.4, -0.2) is 50.7 Å². The van der Waals surface area contributed by atoms with E-state index in [1.807, 2.05) is 0 Å². The average molecular weight is 304 g/mol. The molecule has 0 fully saturated rings. The van der Waals surface area contributed by atoms with Gasteiger partial charge in [0.25, 0.3) is 0 Å². The Balaban J connectivity index is 5.07. The number of rotatable bonds is 8. The van der Waals surface area contributed by atoms with E-state index in [2.05, 4.69) is 0 Å². The second kappa shape index (κ2) is 7.31. The summed E-state index contributed by atoms with van der Waals surface area (Å²) < 4.78 is 31.4. The van der Waals surface area contributed by atoms with E-state index in [0.717, 1.165) is 0 Å². The van der Waals surface area contributed by atoms with Gasteiger partial charge < -0.3 is 0 Å². The van der Waals surface area contributed by atoms with E-state index in [9.17, 15) is 4.57 Å². The molecule has 0 aromatic rings. The molecule has 0 spiro atoms. The Morgan fingerprint density at radius 1 is 1.00 bits per heavy atom. The van der Waals surface area contributed by atoms with Crippen molar-refractivity contribution in [3.8, 4) is 0 Å². The molecule has 0 aromatic heterocycles. The van der Waals surface area contributed by atoms with Gasteiger partial charge in [0, 0.05) is 0 Å². The SMILES string of the molecule is CCOP(=O)(OCC)OP(=S)(N(C)C)N(C)C. The van der Waals surface area contributed by atoms with Crippen molar-refractivity contribution in [2.24, 2.45) is 0 Å². The van der Waals surface area contributed by atoms with Crippen molar-refractivity contribution < 1.29 is 17.9 Å². The molecule has 0 heterocycles. The van der Waals surface area contributed by atoms with E-state index in [1.165, 1.54) is 0 Å². The van der Waals surface area contributed by atoms with Crippen LogP contribution in [-0.2, 0) is 29.7 Å². The van der Waals surface area contributed by atoms with Crippen molar-refractivity contribution in [1.82, 2.24) is 9.34 Å². The van der Waals surface area contributed by atoms with Crippen LogP contribution in [0.2, 0.25) is 0 Å². The van der Waals surface area contributed by atoms with Gasteiger partial charge in [-0.05, 0) is 53.8 Å². The lowest BCUT2D eigenvalue weighted by molar-refractivity contribution is 0.166. The Morgan fingerprint density at radius 2 is 1.35 bits per heavy atom. The zero-order valence-corrected chi connectivity index (χ0v) is 13.8. The highest BCUT2D eigenvalue weighted by atomic mass is 32.5. The highest BCUT2D eigenvalue weighted by molar-refractivity contribution is 8.11. The number of phosphoric acid groups is 1. The van der Waals surface area contributed by atoms with Crippen LogP contribution in [0, 0.1) is 0 Å². The smallest absolute Gasteiger partial charge is 0.287 e. The van der Waals surface area contributed by atoms with Crippen molar-refractivity contribution in [1.29, 1.82) is 0 Å². The standard InChI is InChI=1S/C8H22N2O4P2S/c1-7-12-16(11,13-8-2)14-15(17,9(3)4)10(5)6/h7-8H2,1-6H3. The second-order valence-electron chi connectivity index (χ2n) is 3.55. The molecule has 0 bridgehead atoms. The highest BCUT2D eigenvalue weighted by Crippen LogP contribution is 2.66. The molecule has 9 heteroatoms. The monoisotopic (exact) mass is 304 g/mol. The first-order chi connectivity index (χ1) is 7.72. The van der Waals surface area contributed by atoms with Crippen molar-refractivity contribution in [2.45, 2.75) is 13.8 Å². The van der Waals surface area contributed by atoms with Crippen LogP contribution in [0.4, 0.5) is 0 Å². The van der Waals surface area contributed by atoms with E-state index >= 15 is 0 Å². The molecule has 104 valence electrons. The summed E-state index contributed by atoms with van der Waals surface area (Å²) in [7, 11) is 3.54. The van der Waals surface area contributed by atoms with E-state index in [-0.39, 0.29) is 13.2 Å². The Labute approximate surface area is 109 Å². The van der Waals surface area contributed by atoms with E-state index in [0.29, 0.717) is 0 Å². The normalized spacial score (nSPS) is 13.6. The van der Waals surface area contributed by atoms with Crippen LogP contribution >= 0.6 is 14.4 Å². The van der Waals surface area contributed by atoms with Gasteiger partial charge in [-0.3, -0.25) is 9.05 Å². The first kappa shape index (κ1) is 17.7. The van der Waals surface area contributed by atoms with Gasteiger partial charge in [-0.1, -0.05) is 0 Å². The topological polar surface area (TPSA) is 51.2 Å². The summed E-state index contributed by atoms with van der Waals surface area (Å²) in [5.74, 6) is 0. The molecule has 0 atom stereocenters. The van der Waals surface area contributed by atoms with Crippen LogP contribution in [0.15, 0.2) is 0 Å². The fraction of sp³-hybridized carbons (Fsp3) is 1.00. The summed E-state index contributed by atoms with van der Waals surface area (Å²) in [6, 6.07) is 0. The number of nitrogens with zero attached hydrogens (tertiary/aromatic N) is 2. The first-order valence-electron chi connectivity index (χ1n) is 5.28. The lowest BCUT2D eigenvalue weighted by Gasteiger charge is -2.35. The maximum atomic E-state index is 12.3. The number of phosphoric ester groups is 1. The van der Waals surface area contributed by atoms with Crippen molar-refractivity contribution in [3.05, 3.63) is 0 Å². The van der Waals surface area contributed by atoms with Crippen LogP contribution in [0.5, 0.6) is 0 Å². The maximum Gasteiger partial charge on any atom is 0.480 e. The fourth-order valence-electron chi connectivity index (χ4n) is 1.03. The molecule has 0 radical (unpaired) electrons. The van der Waals surface area contributed by atoms with Crippen LogP contribution in [0.3, 0.4) is 0 Å². The Hall–Kier alpha value is 0.680. The summed E-state index contributed by atoms with van der Waals surface area (Å²) in [5, 5.41) is 0. The molecule has 0 saturated carbocycles. The summed E-state index contributed by atoms with van der Waals surface area (Å²) in [4.78, 5) is 0. The molecule has 0 aromatic carbocycles. The van der Waals surface area contributed by atoms with E-state index < -0.39 is 14.4 Å². The Morgan fingerprint density at radius 3 is 1.59 bits per heavy atom. The minimum atomic E-state index is -3.59. The van der Waals surface area contributed by atoms with E-state index in [1.54, 1.807) is 51.4 Å². The Kier molecular flexibility index (Phi) is 7.61. The van der Waals surface area contributed by atoms with Crippen molar-refractivity contribution in [2.75, 3.05) is 41.4 Å². The van der Waals surface area contributed by atoms with E-state index in [4.69, 9.17) is 25.2 Å². The maximum absolute atomic E-state index is 12.3.